The average molecular weight is 292 g/mol. The maximum atomic E-state index is 13.5. The third kappa shape index (κ3) is 3.01. The summed E-state index contributed by atoms with van der Waals surface area (Å²) in [6, 6.07) is 15.6. The summed E-state index contributed by atoms with van der Waals surface area (Å²) in [6.45, 7) is 0. The van der Waals surface area contributed by atoms with Gasteiger partial charge in [-0.25, -0.2) is 4.39 Å². The van der Waals surface area contributed by atoms with E-state index < -0.39 is 0 Å². The van der Waals surface area contributed by atoms with Crippen LogP contribution in [0.2, 0.25) is 0 Å². The molecule has 0 radical (unpaired) electrons. The SMILES string of the molecule is O=C(/C=C/c1ccccc1F)Nc1cccc2cccnc12. The number of carbonyl (C=O) groups excluding carboxylic acids is 1. The molecule has 0 aliphatic carbocycles. The molecule has 3 nitrogen and oxygen atoms in total. The normalized spacial score (nSPS) is 11.0. The number of carbonyl (C=O) groups is 1. The lowest BCUT2D eigenvalue weighted by molar-refractivity contribution is -0.111. The number of aromatic nitrogens is 1. The summed E-state index contributed by atoms with van der Waals surface area (Å²) in [7, 11) is 0. The van der Waals surface area contributed by atoms with E-state index in [0.717, 1.165) is 10.9 Å². The van der Waals surface area contributed by atoms with Gasteiger partial charge >= 0.3 is 0 Å². The van der Waals surface area contributed by atoms with Gasteiger partial charge in [0.1, 0.15) is 5.82 Å². The van der Waals surface area contributed by atoms with Crippen LogP contribution in [-0.2, 0) is 4.79 Å². The fourth-order valence-corrected chi connectivity index (χ4v) is 2.16. The van der Waals surface area contributed by atoms with E-state index >= 15 is 0 Å². The Kier molecular flexibility index (Phi) is 3.92. The number of halogens is 1. The number of fused-ring (bicyclic) bond motifs is 1. The van der Waals surface area contributed by atoms with E-state index in [1.165, 1.54) is 18.2 Å². The first-order chi connectivity index (χ1) is 10.7. The Bertz CT molecular complexity index is 853. The lowest BCUT2D eigenvalue weighted by Crippen LogP contribution is -2.08. The van der Waals surface area contributed by atoms with E-state index in [1.54, 1.807) is 30.5 Å². The highest BCUT2D eigenvalue weighted by Crippen LogP contribution is 2.20. The molecule has 0 unspecified atom stereocenters. The Morgan fingerprint density at radius 3 is 2.73 bits per heavy atom. The number of pyridine rings is 1. The molecule has 0 aliphatic heterocycles. The van der Waals surface area contributed by atoms with Crippen LogP contribution in [0.1, 0.15) is 5.56 Å². The Hall–Kier alpha value is -3.01. The third-order valence-corrected chi connectivity index (χ3v) is 3.21. The molecule has 0 aliphatic rings. The van der Waals surface area contributed by atoms with E-state index in [2.05, 4.69) is 10.3 Å². The van der Waals surface area contributed by atoms with Gasteiger partial charge in [0.25, 0.3) is 0 Å². The molecule has 0 fully saturated rings. The number of nitrogens with zero attached hydrogens (tertiary/aromatic N) is 1. The van der Waals surface area contributed by atoms with Gasteiger partial charge < -0.3 is 5.32 Å². The van der Waals surface area contributed by atoms with Crippen LogP contribution in [0.25, 0.3) is 17.0 Å². The molecule has 1 amide bonds. The molecule has 4 heteroatoms. The number of hydrogen-bond donors (Lipinski definition) is 1. The second-order valence-electron chi connectivity index (χ2n) is 4.72. The van der Waals surface area contributed by atoms with Crippen molar-refractivity contribution in [1.29, 1.82) is 0 Å². The Morgan fingerprint density at radius 1 is 1.05 bits per heavy atom. The zero-order valence-corrected chi connectivity index (χ0v) is 11.7. The van der Waals surface area contributed by atoms with Gasteiger partial charge in [-0.15, -0.1) is 0 Å². The van der Waals surface area contributed by atoms with Crippen molar-refractivity contribution < 1.29 is 9.18 Å². The summed E-state index contributed by atoms with van der Waals surface area (Å²) in [6.07, 6.45) is 4.43. The predicted octanol–water partition coefficient (Wildman–Crippen LogP) is 4.03. The number of amides is 1. The molecule has 1 aromatic heterocycles. The van der Waals surface area contributed by atoms with Gasteiger partial charge in [0, 0.05) is 23.2 Å². The summed E-state index contributed by atoms with van der Waals surface area (Å²) < 4.78 is 13.5. The Labute approximate surface area is 127 Å². The highest BCUT2D eigenvalue weighted by atomic mass is 19.1. The van der Waals surface area contributed by atoms with Crippen molar-refractivity contribution in [3.8, 4) is 0 Å². The van der Waals surface area contributed by atoms with E-state index in [-0.39, 0.29) is 11.7 Å². The standard InChI is InChI=1S/C18H13FN2O/c19-15-8-2-1-5-13(15)10-11-17(22)21-16-9-3-6-14-7-4-12-20-18(14)16/h1-12H,(H,21,22)/b11-10+. The molecule has 0 spiro atoms. The van der Waals surface area contributed by atoms with Crippen LogP contribution in [0.3, 0.4) is 0 Å². The van der Waals surface area contributed by atoms with Crippen molar-refractivity contribution in [1.82, 2.24) is 4.98 Å². The highest BCUT2D eigenvalue weighted by molar-refractivity contribution is 6.06. The molecule has 22 heavy (non-hydrogen) atoms. The van der Waals surface area contributed by atoms with Crippen molar-refractivity contribution in [3.05, 3.63) is 78.3 Å². The first-order valence-corrected chi connectivity index (χ1v) is 6.81. The minimum absolute atomic E-state index is 0.332. The van der Waals surface area contributed by atoms with Crippen molar-refractivity contribution >= 4 is 28.6 Å². The van der Waals surface area contributed by atoms with Gasteiger partial charge in [-0.05, 0) is 24.3 Å². The topological polar surface area (TPSA) is 42.0 Å². The third-order valence-electron chi connectivity index (χ3n) is 3.21. The van der Waals surface area contributed by atoms with Crippen LogP contribution in [0, 0.1) is 5.82 Å². The molecule has 0 bridgehead atoms. The van der Waals surface area contributed by atoms with Crippen molar-refractivity contribution in [2.24, 2.45) is 0 Å². The second-order valence-corrected chi connectivity index (χ2v) is 4.72. The van der Waals surface area contributed by atoms with Crippen LogP contribution in [0.4, 0.5) is 10.1 Å². The van der Waals surface area contributed by atoms with E-state index in [9.17, 15) is 9.18 Å². The quantitative estimate of drug-likeness (QED) is 0.741. The zero-order chi connectivity index (χ0) is 15.4. The molecule has 3 aromatic rings. The number of para-hydroxylation sites is 1. The number of benzene rings is 2. The summed E-state index contributed by atoms with van der Waals surface area (Å²) in [5.74, 6) is -0.695. The van der Waals surface area contributed by atoms with E-state index in [4.69, 9.17) is 0 Å². The summed E-state index contributed by atoms with van der Waals surface area (Å²) in [5.41, 5.74) is 1.72. The monoisotopic (exact) mass is 292 g/mol. The van der Waals surface area contributed by atoms with Gasteiger partial charge in [-0.3, -0.25) is 9.78 Å². The van der Waals surface area contributed by atoms with Crippen LogP contribution < -0.4 is 5.32 Å². The number of anilines is 1. The molecule has 0 atom stereocenters. The van der Waals surface area contributed by atoms with E-state index in [1.807, 2.05) is 24.3 Å². The molecular formula is C18H13FN2O. The molecule has 3 rings (SSSR count). The maximum Gasteiger partial charge on any atom is 0.248 e. The second kappa shape index (κ2) is 6.18. The van der Waals surface area contributed by atoms with Crippen molar-refractivity contribution in [2.45, 2.75) is 0 Å². The maximum absolute atomic E-state index is 13.5. The highest BCUT2D eigenvalue weighted by Gasteiger charge is 2.04. The average Bonchev–Trinajstić information content (AvgIpc) is 2.54. The van der Waals surface area contributed by atoms with Crippen LogP contribution >= 0.6 is 0 Å². The van der Waals surface area contributed by atoms with Crippen LogP contribution in [0.15, 0.2) is 66.9 Å². The van der Waals surface area contributed by atoms with Gasteiger partial charge in [-0.2, -0.15) is 0 Å². The van der Waals surface area contributed by atoms with Crippen molar-refractivity contribution in [2.75, 3.05) is 5.32 Å². The molecule has 0 saturated heterocycles. The minimum Gasteiger partial charge on any atom is -0.321 e. The smallest absolute Gasteiger partial charge is 0.248 e. The van der Waals surface area contributed by atoms with Gasteiger partial charge in [0.05, 0.1) is 11.2 Å². The van der Waals surface area contributed by atoms with Gasteiger partial charge in [0.15, 0.2) is 0 Å². The predicted molar refractivity (Wildman–Crippen MR) is 85.8 cm³/mol. The zero-order valence-electron chi connectivity index (χ0n) is 11.7. The van der Waals surface area contributed by atoms with Crippen LogP contribution in [-0.4, -0.2) is 10.9 Å². The lowest BCUT2D eigenvalue weighted by Gasteiger charge is -2.05. The molecule has 1 N–H and O–H groups in total. The fourth-order valence-electron chi connectivity index (χ4n) is 2.16. The first kappa shape index (κ1) is 13.9. The molecule has 1 heterocycles. The van der Waals surface area contributed by atoms with Gasteiger partial charge in [0.2, 0.25) is 5.91 Å². The fraction of sp³-hybridized carbons (Fsp3) is 0. The number of nitrogens with one attached hydrogen (secondary N) is 1. The molecule has 2 aromatic carbocycles. The Morgan fingerprint density at radius 2 is 1.86 bits per heavy atom. The largest absolute Gasteiger partial charge is 0.321 e. The van der Waals surface area contributed by atoms with Crippen molar-refractivity contribution in [3.63, 3.8) is 0 Å². The number of hydrogen-bond acceptors (Lipinski definition) is 2. The first-order valence-electron chi connectivity index (χ1n) is 6.81. The molecular weight excluding hydrogens is 279 g/mol. The minimum atomic E-state index is -0.363. The molecule has 0 saturated carbocycles. The van der Waals surface area contributed by atoms with Gasteiger partial charge in [-0.1, -0.05) is 36.4 Å². The molecule has 108 valence electrons. The van der Waals surface area contributed by atoms with E-state index in [0.29, 0.717) is 11.3 Å². The lowest BCUT2D eigenvalue weighted by atomic mass is 10.2. The summed E-state index contributed by atoms with van der Waals surface area (Å²) >= 11 is 0. The Balaban J connectivity index is 1.81. The summed E-state index contributed by atoms with van der Waals surface area (Å²) in [4.78, 5) is 16.3. The number of rotatable bonds is 3. The van der Waals surface area contributed by atoms with Crippen LogP contribution in [0.5, 0.6) is 0 Å². The summed E-state index contributed by atoms with van der Waals surface area (Å²) in [5, 5.41) is 3.71.